The van der Waals surface area contributed by atoms with Gasteiger partial charge in [0.2, 0.25) is 0 Å². The van der Waals surface area contributed by atoms with Gasteiger partial charge in [0.05, 0.1) is 17.1 Å². The molecule has 2 heterocycles. The van der Waals surface area contributed by atoms with Crippen LogP contribution in [0.4, 0.5) is 0 Å². The highest BCUT2D eigenvalue weighted by molar-refractivity contribution is 7.91. The summed E-state index contributed by atoms with van der Waals surface area (Å²) < 4.78 is 28.8. The molecule has 2 fully saturated rings. The SMILES string of the molecule is O=C(OCC(=O)N(C1CCCC1)[C@H]1CCS(=O)(=O)C1)c1ccc(Cl)nc1. The molecule has 1 atom stereocenters. The molecule has 0 N–H and O–H groups in total. The third kappa shape index (κ3) is 4.54. The summed E-state index contributed by atoms with van der Waals surface area (Å²) >= 11 is 5.68. The smallest absolute Gasteiger partial charge is 0.340 e. The molecule has 1 amide bonds. The van der Waals surface area contributed by atoms with Gasteiger partial charge in [-0.2, -0.15) is 0 Å². The van der Waals surface area contributed by atoms with Gasteiger partial charge in [-0.1, -0.05) is 24.4 Å². The fourth-order valence-corrected chi connectivity index (χ4v) is 5.49. The van der Waals surface area contributed by atoms with Crippen molar-refractivity contribution in [1.82, 2.24) is 9.88 Å². The van der Waals surface area contributed by atoms with E-state index in [1.165, 1.54) is 18.3 Å². The van der Waals surface area contributed by atoms with E-state index in [1.54, 1.807) is 4.90 Å². The Morgan fingerprint density at radius 2 is 1.92 bits per heavy atom. The lowest BCUT2D eigenvalue weighted by molar-refractivity contribution is -0.139. The molecule has 0 bridgehead atoms. The molecule has 1 saturated carbocycles. The Hall–Kier alpha value is -1.67. The molecular weight excluding hydrogens is 380 g/mol. The fourth-order valence-electron chi connectivity index (χ4n) is 3.66. The number of carbonyl (C=O) groups excluding carboxylic acids is 2. The molecule has 9 heteroatoms. The van der Waals surface area contributed by atoms with Gasteiger partial charge < -0.3 is 9.64 Å². The number of halogens is 1. The van der Waals surface area contributed by atoms with Crippen LogP contribution in [0.25, 0.3) is 0 Å². The highest BCUT2D eigenvalue weighted by Crippen LogP contribution is 2.29. The first-order valence-corrected chi connectivity index (χ1v) is 10.9. The molecule has 7 nitrogen and oxygen atoms in total. The number of rotatable bonds is 5. The first-order chi connectivity index (χ1) is 12.4. The highest BCUT2D eigenvalue weighted by atomic mass is 35.5. The normalized spacial score (nSPS) is 22.3. The Morgan fingerprint density at radius 1 is 1.19 bits per heavy atom. The van der Waals surface area contributed by atoms with Crippen LogP contribution in [0.1, 0.15) is 42.5 Å². The summed E-state index contributed by atoms with van der Waals surface area (Å²) in [6.07, 6.45) is 5.48. The maximum absolute atomic E-state index is 12.7. The predicted octanol–water partition coefficient (Wildman–Crippen LogP) is 1.85. The second-order valence-electron chi connectivity index (χ2n) is 6.74. The molecule has 3 rings (SSSR count). The topological polar surface area (TPSA) is 93.6 Å². The number of ether oxygens (including phenoxy) is 1. The number of hydrogen-bond donors (Lipinski definition) is 0. The number of carbonyl (C=O) groups is 2. The maximum atomic E-state index is 12.7. The van der Waals surface area contributed by atoms with Gasteiger partial charge in [-0.05, 0) is 31.4 Å². The van der Waals surface area contributed by atoms with Crippen LogP contribution in [0.2, 0.25) is 5.15 Å². The zero-order chi connectivity index (χ0) is 18.7. The van der Waals surface area contributed by atoms with E-state index in [0.29, 0.717) is 6.42 Å². The van der Waals surface area contributed by atoms with Gasteiger partial charge >= 0.3 is 5.97 Å². The summed E-state index contributed by atoms with van der Waals surface area (Å²) in [4.78, 5) is 30.3. The zero-order valence-electron chi connectivity index (χ0n) is 14.3. The summed E-state index contributed by atoms with van der Waals surface area (Å²) in [7, 11) is -3.10. The summed E-state index contributed by atoms with van der Waals surface area (Å²) in [5.74, 6) is -0.906. The predicted molar refractivity (Wildman–Crippen MR) is 95.7 cm³/mol. The Bertz CT molecular complexity index is 775. The maximum Gasteiger partial charge on any atom is 0.340 e. The van der Waals surface area contributed by atoms with Crippen LogP contribution in [-0.2, 0) is 19.4 Å². The fraction of sp³-hybridized carbons (Fsp3) is 0.588. The number of amides is 1. The second-order valence-corrected chi connectivity index (χ2v) is 9.36. The summed E-state index contributed by atoms with van der Waals surface area (Å²) in [6.45, 7) is -0.408. The van der Waals surface area contributed by atoms with Crippen LogP contribution >= 0.6 is 11.6 Å². The number of esters is 1. The first kappa shape index (κ1) is 19.1. The van der Waals surface area contributed by atoms with Crippen molar-refractivity contribution in [3.63, 3.8) is 0 Å². The van der Waals surface area contributed by atoms with Gasteiger partial charge in [0.1, 0.15) is 5.15 Å². The van der Waals surface area contributed by atoms with Crippen LogP contribution in [0, 0.1) is 0 Å². The highest BCUT2D eigenvalue weighted by Gasteiger charge is 2.39. The van der Waals surface area contributed by atoms with Crippen LogP contribution < -0.4 is 0 Å². The minimum atomic E-state index is -3.10. The Morgan fingerprint density at radius 3 is 2.50 bits per heavy atom. The quantitative estimate of drug-likeness (QED) is 0.553. The molecule has 1 aromatic rings. The van der Waals surface area contributed by atoms with Crippen molar-refractivity contribution in [1.29, 1.82) is 0 Å². The van der Waals surface area contributed by atoms with Gasteiger partial charge in [0, 0.05) is 18.3 Å². The molecule has 1 saturated heterocycles. The van der Waals surface area contributed by atoms with Gasteiger partial charge in [0.25, 0.3) is 5.91 Å². The van der Waals surface area contributed by atoms with Crippen molar-refractivity contribution in [2.24, 2.45) is 0 Å². The van der Waals surface area contributed by atoms with Crippen molar-refractivity contribution in [3.05, 3.63) is 29.0 Å². The number of hydrogen-bond acceptors (Lipinski definition) is 6. The molecule has 1 aromatic heterocycles. The van der Waals surface area contributed by atoms with Crippen molar-refractivity contribution >= 4 is 33.3 Å². The van der Waals surface area contributed by atoms with Crippen molar-refractivity contribution in [2.45, 2.75) is 44.2 Å². The van der Waals surface area contributed by atoms with E-state index in [4.69, 9.17) is 16.3 Å². The Kier molecular flexibility index (Phi) is 5.82. The van der Waals surface area contributed by atoms with E-state index in [9.17, 15) is 18.0 Å². The Balaban J connectivity index is 1.65. The largest absolute Gasteiger partial charge is 0.452 e. The molecular formula is C17H21ClN2O5S. The lowest BCUT2D eigenvalue weighted by Gasteiger charge is -2.33. The van der Waals surface area contributed by atoms with Crippen LogP contribution in [0.3, 0.4) is 0 Å². The van der Waals surface area contributed by atoms with Crippen molar-refractivity contribution < 1.29 is 22.7 Å². The lowest BCUT2D eigenvalue weighted by Crippen LogP contribution is -2.48. The zero-order valence-corrected chi connectivity index (χ0v) is 15.8. The van der Waals surface area contributed by atoms with E-state index >= 15 is 0 Å². The average molecular weight is 401 g/mol. The minimum absolute atomic E-state index is 0.00963. The summed E-state index contributed by atoms with van der Waals surface area (Å²) in [5, 5.41) is 0.257. The van der Waals surface area contributed by atoms with Crippen LogP contribution in [0.5, 0.6) is 0 Å². The van der Waals surface area contributed by atoms with Gasteiger partial charge in [-0.25, -0.2) is 18.2 Å². The molecule has 1 aliphatic carbocycles. The Labute approximate surface area is 157 Å². The minimum Gasteiger partial charge on any atom is -0.452 e. The molecule has 26 heavy (non-hydrogen) atoms. The molecule has 1 aliphatic heterocycles. The van der Waals surface area contributed by atoms with Gasteiger partial charge in [-0.3, -0.25) is 4.79 Å². The van der Waals surface area contributed by atoms with Crippen LogP contribution in [-0.4, -0.2) is 60.4 Å². The number of sulfone groups is 1. The van der Waals surface area contributed by atoms with Crippen LogP contribution in [0.15, 0.2) is 18.3 Å². The molecule has 0 aromatic carbocycles. The molecule has 0 unspecified atom stereocenters. The van der Waals surface area contributed by atoms with Gasteiger partial charge in [0.15, 0.2) is 16.4 Å². The number of pyridine rings is 1. The van der Waals surface area contributed by atoms with E-state index in [2.05, 4.69) is 4.98 Å². The third-order valence-corrected chi connectivity index (χ3v) is 6.87. The molecule has 142 valence electrons. The van der Waals surface area contributed by atoms with E-state index in [0.717, 1.165) is 25.7 Å². The molecule has 0 radical (unpaired) electrons. The lowest BCUT2D eigenvalue weighted by atomic mass is 10.1. The summed E-state index contributed by atoms with van der Waals surface area (Å²) in [6, 6.07) is 2.64. The third-order valence-electron chi connectivity index (χ3n) is 4.90. The number of aromatic nitrogens is 1. The first-order valence-electron chi connectivity index (χ1n) is 8.66. The second kappa shape index (κ2) is 7.92. The summed E-state index contributed by atoms with van der Waals surface area (Å²) in [5.41, 5.74) is 0.207. The van der Waals surface area contributed by atoms with Crippen molar-refractivity contribution in [3.8, 4) is 0 Å². The number of nitrogens with zero attached hydrogens (tertiary/aromatic N) is 2. The molecule has 0 spiro atoms. The van der Waals surface area contributed by atoms with E-state index in [1.807, 2.05) is 0 Å². The van der Waals surface area contributed by atoms with Crippen molar-refractivity contribution in [2.75, 3.05) is 18.1 Å². The standard InChI is InChI=1S/C17H21ClN2O5S/c18-15-6-5-12(9-19-15)17(22)25-10-16(21)20(13-3-1-2-4-13)14-7-8-26(23,24)11-14/h5-6,9,13-14H,1-4,7-8,10-11H2/t14-/m0/s1. The monoisotopic (exact) mass is 400 g/mol. The molecule has 2 aliphatic rings. The van der Waals surface area contributed by atoms with Gasteiger partial charge in [-0.15, -0.1) is 0 Å². The van der Waals surface area contributed by atoms with E-state index in [-0.39, 0.29) is 40.2 Å². The average Bonchev–Trinajstić information content (AvgIpc) is 3.24. The van der Waals surface area contributed by atoms with E-state index < -0.39 is 22.4 Å².